The lowest BCUT2D eigenvalue weighted by Gasteiger charge is -2.31. The lowest BCUT2D eigenvalue weighted by molar-refractivity contribution is 0.478. The molecule has 2 aliphatic heterocycles. The summed E-state index contributed by atoms with van der Waals surface area (Å²) in [6, 6.07) is 6.03. The second-order valence-corrected chi connectivity index (χ2v) is 9.68. The van der Waals surface area contributed by atoms with Crippen molar-refractivity contribution in [1.29, 1.82) is 0 Å². The third-order valence-electron chi connectivity index (χ3n) is 4.13. The average Bonchev–Trinajstić information content (AvgIpc) is 2.60. The molecule has 0 N–H and O–H groups in total. The zero-order valence-electron chi connectivity index (χ0n) is 11.9. The standard InChI is InChI=1S/C15H20ClNO2S2/c16-13-4-5-15-14(9-13)17(6-2-7-20-15)10-12-3-1-8-21(18,19)11-12/h4-5,9,12H,1-3,6-8,10-11H2/t12-/m0/s1. The topological polar surface area (TPSA) is 37.4 Å². The van der Waals surface area contributed by atoms with Crippen LogP contribution in [0.4, 0.5) is 5.69 Å². The fourth-order valence-corrected chi connectivity index (χ4v) is 6.10. The Morgan fingerprint density at radius 3 is 3.00 bits per heavy atom. The molecule has 0 unspecified atom stereocenters. The Morgan fingerprint density at radius 1 is 1.33 bits per heavy atom. The Kier molecular flexibility index (Phi) is 4.71. The molecular weight excluding hydrogens is 326 g/mol. The van der Waals surface area contributed by atoms with Crippen LogP contribution in [0.2, 0.25) is 5.02 Å². The highest BCUT2D eigenvalue weighted by atomic mass is 35.5. The maximum Gasteiger partial charge on any atom is 0.150 e. The minimum atomic E-state index is -2.84. The fourth-order valence-electron chi connectivity index (χ4n) is 3.18. The van der Waals surface area contributed by atoms with Gasteiger partial charge in [-0.2, -0.15) is 0 Å². The van der Waals surface area contributed by atoms with E-state index < -0.39 is 9.84 Å². The Hall–Kier alpha value is -0.390. The molecule has 1 fully saturated rings. The van der Waals surface area contributed by atoms with E-state index in [0.717, 1.165) is 43.1 Å². The third kappa shape index (κ3) is 3.88. The van der Waals surface area contributed by atoms with Crippen LogP contribution in [-0.4, -0.2) is 38.8 Å². The van der Waals surface area contributed by atoms with Crippen molar-refractivity contribution in [3.8, 4) is 0 Å². The van der Waals surface area contributed by atoms with Crippen LogP contribution in [0.15, 0.2) is 23.1 Å². The van der Waals surface area contributed by atoms with E-state index >= 15 is 0 Å². The van der Waals surface area contributed by atoms with Crippen LogP contribution in [-0.2, 0) is 9.84 Å². The Balaban J connectivity index is 1.80. The van der Waals surface area contributed by atoms with Gasteiger partial charge in [-0.3, -0.25) is 0 Å². The molecule has 1 atom stereocenters. The summed E-state index contributed by atoms with van der Waals surface area (Å²) in [7, 11) is -2.84. The maximum atomic E-state index is 11.8. The summed E-state index contributed by atoms with van der Waals surface area (Å²) < 4.78 is 23.7. The van der Waals surface area contributed by atoms with Crippen molar-refractivity contribution < 1.29 is 8.42 Å². The van der Waals surface area contributed by atoms with Crippen LogP contribution < -0.4 is 4.90 Å². The van der Waals surface area contributed by atoms with Gasteiger partial charge in [0.2, 0.25) is 0 Å². The van der Waals surface area contributed by atoms with Gasteiger partial charge in [0.1, 0.15) is 0 Å². The fraction of sp³-hybridized carbons (Fsp3) is 0.600. The number of anilines is 1. The van der Waals surface area contributed by atoms with E-state index in [1.807, 2.05) is 23.9 Å². The molecule has 2 heterocycles. The minimum Gasteiger partial charge on any atom is -0.370 e. The van der Waals surface area contributed by atoms with Crippen molar-refractivity contribution in [2.75, 3.05) is 35.2 Å². The Bertz CT molecular complexity index is 618. The minimum absolute atomic E-state index is 0.249. The zero-order valence-corrected chi connectivity index (χ0v) is 14.3. The number of benzene rings is 1. The first-order valence-corrected chi connectivity index (χ1v) is 10.6. The van der Waals surface area contributed by atoms with Crippen LogP contribution >= 0.6 is 23.4 Å². The van der Waals surface area contributed by atoms with Crippen molar-refractivity contribution >= 4 is 38.9 Å². The highest BCUT2D eigenvalue weighted by Crippen LogP contribution is 2.36. The van der Waals surface area contributed by atoms with Crippen LogP contribution in [0.3, 0.4) is 0 Å². The summed E-state index contributed by atoms with van der Waals surface area (Å²) in [5.41, 5.74) is 1.17. The van der Waals surface area contributed by atoms with Gasteiger partial charge in [0.15, 0.2) is 9.84 Å². The van der Waals surface area contributed by atoms with Gasteiger partial charge in [0.25, 0.3) is 0 Å². The molecule has 0 aliphatic carbocycles. The quantitative estimate of drug-likeness (QED) is 0.822. The molecule has 0 bridgehead atoms. The Labute approximate surface area is 136 Å². The van der Waals surface area contributed by atoms with E-state index in [-0.39, 0.29) is 5.92 Å². The highest BCUT2D eigenvalue weighted by molar-refractivity contribution is 7.99. The predicted molar refractivity (Wildman–Crippen MR) is 90.4 cm³/mol. The van der Waals surface area contributed by atoms with Crippen molar-refractivity contribution in [3.05, 3.63) is 23.2 Å². The molecule has 0 radical (unpaired) electrons. The molecule has 2 aliphatic rings. The summed E-state index contributed by atoms with van der Waals surface area (Å²) in [5, 5.41) is 0.748. The molecule has 21 heavy (non-hydrogen) atoms. The van der Waals surface area contributed by atoms with Gasteiger partial charge in [-0.25, -0.2) is 8.42 Å². The van der Waals surface area contributed by atoms with Crippen LogP contribution in [0.1, 0.15) is 19.3 Å². The molecular formula is C15H20ClNO2S2. The molecule has 0 spiro atoms. The number of halogens is 1. The van der Waals surface area contributed by atoms with E-state index in [1.54, 1.807) is 0 Å². The largest absolute Gasteiger partial charge is 0.370 e. The first kappa shape index (κ1) is 15.5. The first-order chi connectivity index (χ1) is 10.0. The SMILES string of the molecule is O=S1(=O)CCC[C@@H](CN2CCCSc3ccc(Cl)cc32)C1. The van der Waals surface area contributed by atoms with E-state index in [0.29, 0.717) is 11.5 Å². The lowest BCUT2D eigenvalue weighted by Crippen LogP contribution is -2.36. The van der Waals surface area contributed by atoms with E-state index in [2.05, 4.69) is 11.0 Å². The molecule has 3 rings (SSSR count). The molecule has 1 aromatic carbocycles. The van der Waals surface area contributed by atoms with Crippen molar-refractivity contribution in [1.82, 2.24) is 0 Å². The van der Waals surface area contributed by atoms with Crippen LogP contribution in [0.5, 0.6) is 0 Å². The van der Waals surface area contributed by atoms with Gasteiger partial charge in [0.05, 0.1) is 17.2 Å². The van der Waals surface area contributed by atoms with Gasteiger partial charge >= 0.3 is 0 Å². The predicted octanol–water partition coefficient (Wildman–Crippen LogP) is 3.47. The van der Waals surface area contributed by atoms with Crippen LogP contribution in [0, 0.1) is 5.92 Å². The summed E-state index contributed by atoms with van der Waals surface area (Å²) in [6.07, 6.45) is 2.94. The summed E-state index contributed by atoms with van der Waals surface area (Å²) in [5.74, 6) is 2.06. The van der Waals surface area contributed by atoms with E-state index in [9.17, 15) is 8.42 Å². The molecule has 0 amide bonds. The lowest BCUT2D eigenvalue weighted by atomic mass is 10.0. The monoisotopic (exact) mass is 345 g/mol. The molecule has 1 saturated heterocycles. The van der Waals surface area contributed by atoms with Crippen molar-refractivity contribution in [3.63, 3.8) is 0 Å². The van der Waals surface area contributed by atoms with Crippen LogP contribution in [0.25, 0.3) is 0 Å². The highest BCUT2D eigenvalue weighted by Gasteiger charge is 2.27. The number of thioether (sulfide) groups is 1. The van der Waals surface area contributed by atoms with Gasteiger partial charge in [-0.1, -0.05) is 11.6 Å². The number of sulfone groups is 1. The summed E-state index contributed by atoms with van der Waals surface area (Å²) in [6.45, 7) is 1.81. The summed E-state index contributed by atoms with van der Waals surface area (Å²) >= 11 is 8.02. The molecule has 0 saturated carbocycles. The van der Waals surface area contributed by atoms with Gasteiger partial charge in [-0.05, 0) is 49.1 Å². The van der Waals surface area contributed by atoms with E-state index in [4.69, 9.17) is 11.6 Å². The Morgan fingerprint density at radius 2 is 2.19 bits per heavy atom. The number of hydrogen-bond acceptors (Lipinski definition) is 4. The average molecular weight is 346 g/mol. The molecule has 0 aromatic heterocycles. The van der Waals surface area contributed by atoms with Gasteiger partial charge < -0.3 is 4.90 Å². The maximum absolute atomic E-state index is 11.8. The molecule has 1 aromatic rings. The molecule has 3 nitrogen and oxygen atoms in total. The molecule has 116 valence electrons. The third-order valence-corrected chi connectivity index (χ3v) is 7.40. The van der Waals surface area contributed by atoms with Crippen molar-refractivity contribution in [2.24, 2.45) is 5.92 Å². The second-order valence-electron chi connectivity index (χ2n) is 5.88. The first-order valence-electron chi connectivity index (χ1n) is 7.41. The smallest absolute Gasteiger partial charge is 0.150 e. The van der Waals surface area contributed by atoms with Crippen molar-refractivity contribution in [2.45, 2.75) is 24.2 Å². The van der Waals surface area contributed by atoms with Gasteiger partial charge in [0, 0.05) is 23.0 Å². The van der Waals surface area contributed by atoms with Gasteiger partial charge in [-0.15, -0.1) is 11.8 Å². The summed E-state index contributed by atoms with van der Waals surface area (Å²) in [4.78, 5) is 3.60. The number of rotatable bonds is 2. The number of hydrogen-bond donors (Lipinski definition) is 0. The van der Waals surface area contributed by atoms with E-state index in [1.165, 1.54) is 10.6 Å². The normalized spacial score (nSPS) is 25.2. The number of fused-ring (bicyclic) bond motifs is 1. The number of nitrogens with zero attached hydrogens (tertiary/aromatic N) is 1. The zero-order chi connectivity index (χ0) is 14.9. The molecule has 6 heteroatoms. The second kappa shape index (κ2) is 6.39.